The van der Waals surface area contributed by atoms with Gasteiger partial charge in [-0.3, -0.25) is 0 Å². The second-order valence-corrected chi connectivity index (χ2v) is 6.91. The van der Waals surface area contributed by atoms with Gasteiger partial charge in [0.05, 0.1) is 13.2 Å². The molecule has 0 bridgehead atoms. The number of allylic oxidation sites excluding steroid dienone is 4. The summed E-state index contributed by atoms with van der Waals surface area (Å²) in [5, 5.41) is 0. The van der Waals surface area contributed by atoms with Gasteiger partial charge < -0.3 is 9.47 Å². The van der Waals surface area contributed by atoms with Crippen LogP contribution in [0, 0.1) is 0 Å². The number of rotatable bonds is 12. The number of carbonyl (C=O) groups is 2. The lowest BCUT2D eigenvalue weighted by atomic mass is 10.1. The van der Waals surface area contributed by atoms with Crippen LogP contribution in [0.4, 0.5) is 0 Å². The summed E-state index contributed by atoms with van der Waals surface area (Å²) in [6.45, 7) is 16.4. The molecule has 0 heterocycles. The topological polar surface area (TPSA) is 52.6 Å². The summed E-state index contributed by atoms with van der Waals surface area (Å²) < 4.78 is 9.86. The molecule has 0 aliphatic rings. The molecule has 146 valence electrons. The predicted molar refractivity (Wildman–Crippen MR) is 107 cm³/mol. The molecule has 0 aromatic rings. The highest BCUT2D eigenvalue weighted by molar-refractivity contribution is 6.29. The molecule has 0 saturated heterocycles. The van der Waals surface area contributed by atoms with E-state index in [0.717, 1.165) is 36.8 Å². The SMILES string of the molecule is C=C(CCC=C(C)C)CCOC(=O)C(=O)OCCC(=C)CCC=C(C)C. The lowest BCUT2D eigenvalue weighted by molar-refractivity contribution is -0.167. The Hall–Kier alpha value is -2.10. The highest BCUT2D eigenvalue weighted by atomic mass is 16.6. The van der Waals surface area contributed by atoms with E-state index in [2.05, 4.69) is 53.0 Å². The maximum Gasteiger partial charge on any atom is 0.417 e. The minimum Gasteiger partial charge on any atom is -0.457 e. The summed E-state index contributed by atoms with van der Waals surface area (Å²) in [4.78, 5) is 23.2. The number of ether oxygens (including phenoxy) is 2. The second kappa shape index (κ2) is 14.1. The van der Waals surface area contributed by atoms with Gasteiger partial charge in [-0.2, -0.15) is 0 Å². The van der Waals surface area contributed by atoms with Crippen molar-refractivity contribution < 1.29 is 19.1 Å². The zero-order chi connectivity index (χ0) is 19.9. The number of esters is 2. The predicted octanol–water partition coefficient (Wildman–Crippen LogP) is 5.46. The zero-order valence-corrected chi connectivity index (χ0v) is 16.9. The number of hydrogen-bond acceptors (Lipinski definition) is 4. The first kappa shape index (κ1) is 23.9. The largest absolute Gasteiger partial charge is 0.457 e. The summed E-state index contributed by atoms with van der Waals surface area (Å²) in [5.74, 6) is -1.89. The molecule has 4 heteroatoms. The van der Waals surface area contributed by atoms with E-state index in [1.54, 1.807) is 0 Å². The Morgan fingerprint density at radius 2 is 1.04 bits per heavy atom. The zero-order valence-electron chi connectivity index (χ0n) is 16.9. The van der Waals surface area contributed by atoms with Gasteiger partial charge in [-0.1, -0.05) is 47.6 Å². The molecule has 0 N–H and O–H groups in total. The number of carbonyl (C=O) groups excluding carboxylic acids is 2. The van der Waals surface area contributed by atoms with Crippen molar-refractivity contribution in [1.82, 2.24) is 0 Å². The van der Waals surface area contributed by atoms with Gasteiger partial charge in [-0.05, 0) is 53.4 Å². The van der Waals surface area contributed by atoms with E-state index >= 15 is 0 Å². The van der Waals surface area contributed by atoms with Gasteiger partial charge in [0.25, 0.3) is 0 Å². The maximum absolute atomic E-state index is 11.6. The van der Waals surface area contributed by atoms with Gasteiger partial charge in [0.15, 0.2) is 0 Å². The van der Waals surface area contributed by atoms with E-state index in [-0.39, 0.29) is 13.2 Å². The molecule has 0 spiro atoms. The summed E-state index contributed by atoms with van der Waals surface area (Å²) >= 11 is 0. The fourth-order valence-corrected chi connectivity index (χ4v) is 2.07. The van der Waals surface area contributed by atoms with E-state index in [1.807, 2.05) is 0 Å². The van der Waals surface area contributed by atoms with Crippen molar-refractivity contribution in [3.8, 4) is 0 Å². The van der Waals surface area contributed by atoms with Crippen molar-refractivity contribution in [3.05, 3.63) is 47.6 Å². The summed E-state index contributed by atoms with van der Waals surface area (Å²) in [7, 11) is 0. The standard InChI is InChI=1S/C22H34O4/c1-17(2)9-7-11-19(5)13-15-25-21(23)22(24)26-16-14-20(6)12-8-10-18(3)4/h9-10H,5-8,11-16H2,1-4H3. The molecule has 0 atom stereocenters. The quantitative estimate of drug-likeness (QED) is 0.263. The lowest BCUT2D eigenvalue weighted by Crippen LogP contribution is -2.21. The van der Waals surface area contributed by atoms with Gasteiger partial charge in [-0.25, -0.2) is 9.59 Å². The Balaban J connectivity index is 3.84. The van der Waals surface area contributed by atoms with Gasteiger partial charge in [0, 0.05) is 12.8 Å². The molecule has 0 saturated carbocycles. The van der Waals surface area contributed by atoms with Crippen LogP contribution >= 0.6 is 0 Å². The smallest absolute Gasteiger partial charge is 0.417 e. The van der Waals surface area contributed by atoms with Crippen molar-refractivity contribution >= 4 is 11.9 Å². The van der Waals surface area contributed by atoms with Crippen LogP contribution in [0.15, 0.2) is 47.6 Å². The molecule has 0 unspecified atom stereocenters. The van der Waals surface area contributed by atoms with E-state index < -0.39 is 11.9 Å². The molecular weight excluding hydrogens is 328 g/mol. The average molecular weight is 363 g/mol. The molecule has 0 rings (SSSR count). The molecule has 4 nitrogen and oxygen atoms in total. The monoisotopic (exact) mass is 362 g/mol. The third kappa shape index (κ3) is 14.3. The molecule has 0 amide bonds. The normalized spacial score (nSPS) is 9.85. The highest BCUT2D eigenvalue weighted by Crippen LogP contribution is 2.10. The van der Waals surface area contributed by atoms with Crippen molar-refractivity contribution in [2.75, 3.05) is 13.2 Å². The molecule has 0 aliphatic heterocycles. The Morgan fingerprint density at radius 3 is 1.35 bits per heavy atom. The fourth-order valence-electron chi connectivity index (χ4n) is 2.07. The van der Waals surface area contributed by atoms with Crippen molar-refractivity contribution in [3.63, 3.8) is 0 Å². The number of hydrogen-bond donors (Lipinski definition) is 0. The van der Waals surface area contributed by atoms with Crippen LogP contribution in [-0.4, -0.2) is 25.2 Å². The molecule has 26 heavy (non-hydrogen) atoms. The summed E-state index contributed by atoms with van der Waals surface area (Å²) in [5.41, 5.74) is 4.53. The minimum atomic E-state index is -0.947. The second-order valence-electron chi connectivity index (χ2n) is 6.91. The molecule has 0 radical (unpaired) electrons. The highest BCUT2D eigenvalue weighted by Gasteiger charge is 2.17. The Kier molecular flexibility index (Phi) is 13.0. The van der Waals surface area contributed by atoms with Gasteiger partial charge >= 0.3 is 11.9 Å². The maximum atomic E-state index is 11.6. The Bertz CT molecular complexity index is 494. The van der Waals surface area contributed by atoms with Gasteiger partial charge in [0.2, 0.25) is 0 Å². The van der Waals surface area contributed by atoms with Crippen LogP contribution in [0.2, 0.25) is 0 Å². The van der Waals surface area contributed by atoms with Crippen molar-refractivity contribution in [1.29, 1.82) is 0 Å². The average Bonchev–Trinajstić information content (AvgIpc) is 2.53. The third-order valence-corrected chi connectivity index (χ3v) is 3.65. The lowest BCUT2D eigenvalue weighted by Gasteiger charge is -2.08. The molecular formula is C22H34O4. The minimum absolute atomic E-state index is 0.150. The Labute approximate surface area is 158 Å². The first-order chi connectivity index (χ1) is 12.2. The van der Waals surface area contributed by atoms with Crippen LogP contribution < -0.4 is 0 Å². The Morgan fingerprint density at radius 1 is 0.692 bits per heavy atom. The molecule has 0 aromatic carbocycles. The van der Waals surface area contributed by atoms with E-state index in [9.17, 15) is 9.59 Å². The van der Waals surface area contributed by atoms with Crippen LogP contribution in [0.5, 0.6) is 0 Å². The molecule has 0 fully saturated rings. The van der Waals surface area contributed by atoms with Crippen LogP contribution in [-0.2, 0) is 19.1 Å². The fraction of sp³-hybridized carbons (Fsp3) is 0.545. The van der Waals surface area contributed by atoms with E-state index in [0.29, 0.717) is 12.8 Å². The van der Waals surface area contributed by atoms with Gasteiger partial charge in [-0.15, -0.1) is 0 Å². The molecule has 0 aliphatic carbocycles. The van der Waals surface area contributed by atoms with Crippen molar-refractivity contribution in [2.24, 2.45) is 0 Å². The van der Waals surface area contributed by atoms with Crippen LogP contribution in [0.1, 0.15) is 66.2 Å². The first-order valence-corrected chi connectivity index (χ1v) is 9.16. The van der Waals surface area contributed by atoms with E-state index in [4.69, 9.17) is 9.47 Å². The van der Waals surface area contributed by atoms with Crippen LogP contribution in [0.25, 0.3) is 0 Å². The summed E-state index contributed by atoms with van der Waals surface area (Å²) in [6.07, 6.45) is 8.94. The van der Waals surface area contributed by atoms with Crippen LogP contribution in [0.3, 0.4) is 0 Å². The van der Waals surface area contributed by atoms with E-state index in [1.165, 1.54) is 11.1 Å². The van der Waals surface area contributed by atoms with Crippen molar-refractivity contribution in [2.45, 2.75) is 66.2 Å². The molecule has 0 aromatic heterocycles. The van der Waals surface area contributed by atoms with Gasteiger partial charge in [0.1, 0.15) is 0 Å². The summed E-state index contributed by atoms with van der Waals surface area (Å²) in [6, 6.07) is 0. The first-order valence-electron chi connectivity index (χ1n) is 9.16. The third-order valence-electron chi connectivity index (χ3n) is 3.65.